The van der Waals surface area contributed by atoms with E-state index in [1.54, 1.807) is 0 Å². The summed E-state index contributed by atoms with van der Waals surface area (Å²) in [6, 6.07) is 19.8. The maximum Gasteiger partial charge on any atom is 0.132 e. The van der Waals surface area contributed by atoms with E-state index in [4.69, 9.17) is 28.4 Å². The molecule has 0 N–H and O–H groups in total. The number of hydrogen-bond donors (Lipinski definition) is 0. The minimum atomic E-state index is -0.440. The summed E-state index contributed by atoms with van der Waals surface area (Å²) in [6.07, 6.45) is 0. The Hall–Kier alpha value is -0.870. The molecule has 3 heterocycles. The quantitative estimate of drug-likeness (QED) is 0.135. The zero-order chi connectivity index (χ0) is 31.2. The zero-order valence-electron chi connectivity index (χ0n) is 25.6. The van der Waals surface area contributed by atoms with Gasteiger partial charge in [-0.05, 0) is 128 Å². The van der Waals surface area contributed by atoms with Gasteiger partial charge in [0.2, 0.25) is 0 Å². The molecule has 3 aromatic rings. The third-order valence-electron chi connectivity index (χ3n) is 8.96. The van der Waals surface area contributed by atoms with E-state index in [2.05, 4.69) is 150 Å². The average Bonchev–Trinajstić information content (AvgIpc) is 2.95. The monoisotopic (exact) mass is 936 g/mol. The second-order valence-corrected chi connectivity index (χ2v) is 17.3. The molecule has 3 saturated heterocycles. The first kappa shape index (κ1) is 33.0. The SMILES string of the molecule is CC1(COc2ccc(C(C)(c3ccc(OCC4(C)COC4)c(I)c3)c3ccc(OCC4(C)COC4)c(I)c3)cc2I)COC1. The second kappa shape index (κ2) is 13.0. The van der Waals surface area contributed by atoms with Crippen LogP contribution in [0.15, 0.2) is 54.6 Å². The molecule has 6 rings (SSSR count). The fourth-order valence-electron chi connectivity index (χ4n) is 5.64. The Morgan fingerprint density at radius 3 is 1.02 bits per heavy atom. The second-order valence-electron chi connectivity index (χ2n) is 13.8. The molecule has 236 valence electrons. The molecule has 0 aliphatic carbocycles. The van der Waals surface area contributed by atoms with Crippen molar-refractivity contribution in [1.82, 2.24) is 0 Å². The summed E-state index contributed by atoms with van der Waals surface area (Å²) in [5, 5.41) is 0. The highest BCUT2D eigenvalue weighted by atomic mass is 127. The summed E-state index contributed by atoms with van der Waals surface area (Å²) in [7, 11) is 0. The van der Waals surface area contributed by atoms with Crippen molar-refractivity contribution in [2.24, 2.45) is 16.2 Å². The van der Waals surface area contributed by atoms with Gasteiger partial charge >= 0.3 is 0 Å². The zero-order valence-corrected chi connectivity index (χ0v) is 32.1. The molecule has 0 radical (unpaired) electrons. The number of hydrogen-bond acceptors (Lipinski definition) is 6. The lowest BCUT2D eigenvalue weighted by molar-refractivity contribution is -0.120. The van der Waals surface area contributed by atoms with Gasteiger partial charge in [-0.25, -0.2) is 0 Å². The smallest absolute Gasteiger partial charge is 0.132 e. The molecule has 0 spiro atoms. The van der Waals surface area contributed by atoms with Crippen LogP contribution in [0, 0.1) is 27.0 Å². The van der Waals surface area contributed by atoms with E-state index in [1.165, 1.54) is 16.7 Å². The van der Waals surface area contributed by atoms with Gasteiger partial charge in [-0.2, -0.15) is 0 Å². The average molecular weight is 936 g/mol. The molecule has 0 bridgehead atoms. The van der Waals surface area contributed by atoms with Crippen LogP contribution in [0.25, 0.3) is 0 Å². The van der Waals surface area contributed by atoms with Crippen LogP contribution in [0.2, 0.25) is 0 Å². The van der Waals surface area contributed by atoms with Gasteiger partial charge in [-0.3, -0.25) is 0 Å². The predicted molar refractivity (Wildman–Crippen MR) is 196 cm³/mol. The summed E-state index contributed by atoms with van der Waals surface area (Å²) in [5.41, 5.74) is 3.40. The van der Waals surface area contributed by atoms with Gasteiger partial charge in [0.1, 0.15) is 17.2 Å². The molecule has 0 aromatic heterocycles. The van der Waals surface area contributed by atoms with E-state index in [1.807, 2.05) is 0 Å². The van der Waals surface area contributed by atoms with E-state index < -0.39 is 5.41 Å². The Morgan fingerprint density at radius 2 is 0.818 bits per heavy atom. The van der Waals surface area contributed by atoms with E-state index >= 15 is 0 Å². The largest absolute Gasteiger partial charge is 0.492 e. The topological polar surface area (TPSA) is 55.4 Å². The fourth-order valence-corrected chi connectivity index (χ4v) is 7.66. The maximum absolute atomic E-state index is 6.29. The number of benzene rings is 3. The fraction of sp³-hybridized carbons (Fsp3) is 0.486. The van der Waals surface area contributed by atoms with Crippen molar-refractivity contribution in [1.29, 1.82) is 0 Å². The van der Waals surface area contributed by atoms with Crippen molar-refractivity contribution in [3.63, 3.8) is 0 Å². The highest BCUT2D eigenvalue weighted by Crippen LogP contribution is 2.44. The summed E-state index contributed by atoms with van der Waals surface area (Å²) < 4.78 is 38.4. The Balaban J connectivity index is 1.32. The number of ether oxygens (including phenoxy) is 6. The van der Waals surface area contributed by atoms with Gasteiger partial charge in [-0.15, -0.1) is 0 Å². The molecule has 44 heavy (non-hydrogen) atoms. The third-order valence-corrected chi connectivity index (χ3v) is 11.5. The summed E-state index contributed by atoms with van der Waals surface area (Å²) in [5.74, 6) is 2.72. The first-order valence-electron chi connectivity index (χ1n) is 14.9. The third kappa shape index (κ3) is 6.88. The van der Waals surface area contributed by atoms with E-state index in [9.17, 15) is 0 Å². The highest BCUT2D eigenvalue weighted by molar-refractivity contribution is 14.1. The molecule has 3 aromatic carbocycles. The lowest BCUT2D eigenvalue weighted by Crippen LogP contribution is -2.44. The lowest BCUT2D eigenvalue weighted by atomic mass is 9.71. The van der Waals surface area contributed by atoms with Crippen molar-refractivity contribution in [3.05, 3.63) is 82.0 Å². The molecule has 3 fully saturated rings. The van der Waals surface area contributed by atoms with Gasteiger partial charge in [-0.1, -0.05) is 39.0 Å². The Morgan fingerprint density at radius 1 is 0.545 bits per heavy atom. The predicted octanol–water partition coefficient (Wildman–Crippen LogP) is 8.10. The Bertz CT molecular complexity index is 1330. The number of halogens is 3. The molecular weight excluding hydrogens is 897 g/mol. The van der Waals surface area contributed by atoms with E-state index in [-0.39, 0.29) is 16.2 Å². The van der Waals surface area contributed by atoms with Crippen LogP contribution in [-0.4, -0.2) is 59.5 Å². The normalized spacial score (nSPS) is 19.7. The van der Waals surface area contributed by atoms with Crippen molar-refractivity contribution in [2.75, 3.05) is 59.5 Å². The molecule has 0 saturated carbocycles. The van der Waals surface area contributed by atoms with Crippen LogP contribution in [0.1, 0.15) is 44.4 Å². The van der Waals surface area contributed by atoms with Crippen LogP contribution >= 0.6 is 67.8 Å². The van der Waals surface area contributed by atoms with E-state index in [0.29, 0.717) is 19.8 Å². The molecule has 0 atom stereocenters. The van der Waals surface area contributed by atoms with Crippen molar-refractivity contribution in [3.8, 4) is 17.2 Å². The van der Waals surface area contributed by atoms with E-state index in [0.717, 1.165) is 67.6 Å². The van der Waals surface area contributed by atoms with Crippen LogP contribution in [0.5, 0.6) is 17.2 Å². The first-order valence-corrected chi connectivity index (χ1v) is 18.2. The minimum absolute atomic E-state index is 0.0867. The van der Waals surface area contributed by atoms with Gasteiger partial charge < -0.3 is 28.4 Å². The van der Waals surface area contributed by atoms with Crippen LogP contribution in [-0.2, 0) is 19.6 Å². The Labute approximate surface area is 301 Å². The van der Waals surface area contributed by atoms with Crippen LogP contribution in [0.4, 0.5) is 0 Å². The number of rotatable bonds is 12. The molecule has 0 amide bonds. The Kier molecular flexibility index (Phi) is 9.74. The standard InChI is InChI=1S/C35H39I3O6/c1-32(14-39-15-32)20-42-29-8-5-23(11-26(29)36)35(4,24-6-9-30(27(37)12-24)43-21-33(2)16-40-17-33)25-7-10-31(28(38)13-25)44-22-34(3)18-41-19-34/h5-13H,14-22H2,1-4H3. The van der Waals surface area contributed by atoms with Gasteiger partial charge in [0.25, 0.3) is 0 Å². The minimum Gasteiger partial charge on any atom is -0.492 e. The van der Waals surface area contributed by atoms with Gasteiger partial charge in [0.15, 0.2) is 0 Å². The molecule has 9 heteroatoms. The maximum atomic E-state index is 6.29. The molecule has 3 aliphatic rings. The van der Waals surface area contributed by atoms with Crippen molar-refractivity contribution < 1.29 is 28.4 Å². The molecular formula is C35H39I3O6. The summed E-state index contributed by atoms with van der Waals surface area (Å²) in [4.78, 5) is 0. The van der Waals surface area contributed by atoms with Crippen molar-refractivity contribution >= 4 is 67.8 Å². The first-order chi connectivity index (χ1) is 20.9. The lowest BCUT2D eigenvalue weighted by Gasteiger charge is -2.38. The van der Waals surface area contributed by atoms with Crippen LogP contribution < -0.4 is 14.2 Å². The highest BCUT2D eigenvalue weighted by Gasteiger charge is 2.37. The van der Waals surface area contributed by atoms with Crippen LogP contribution in [0.3, 0.4) is 0 Å². The molecule has 3 aliphatic heterocycles. The summed E-state index contributed by atoms with van der Waals surface area (Å²) in [6.45, 7) is 15.4. The van der Waals surface area contributed by atoms with Gasteiger partial charge in [0, 0.05) is 21.7 Å². The molecule has 6 nitrogen and oxygen atoms in total. The van der Waals surface area contributed by atoms with Gasteiger partial charge in [0.05, 0.1) is 70.2 Å². The summed E-state index contributed by atoms with van der Waals surface area (Å²) >= 11 is 7.22. The molecule has 0 unspecified atom stereocenters. The van der Waals surface area contributed by atoms with Crippen molar-refractivity contribution in [2.45, 2.75) is 33.1 Å².